The summed E-state index contributed by atoms with van der Waals surface area (Å²) >= 11 is 3.22. The molecule has 0 heterocycles. The van der Waals surface area contributed by atoms with E-state index in [0.29, 0.717) is 17.3 Å². The van der Waals surface area contributed by atoms with Crippen LogP contribution in [0, 0.1) is 11.2 Å². The first-order valence-electron chi connectivity index (χ1n) is 6.65. The molecule has 1 aromatic rings. The normalized spacial score (nSPS) is 15.7. The van der Waals surface area contributed by atoms with Crippen LogP contribution in [0.4, 0.5) is 10.1 Å². The fourth-order valence-electron chi connectivity index (χ4n) is 2.81. The summed E-state index contributed by atoms with van der Waals surface area (Å²) in [5, 5.41) is 7.43. The van der Waals surface area contributed by atoms with Crippen LogP contribution in [0.5, 0.6) is 0 Å². The number of hydrogen-bond acceptors (Lipinski definition) is 2. The van der Waals surface area contributed by atoms with Gasteiger partial charge in [-0.3, -0.25) is 5.41 Å². The third-order valence-electron chi connectivity index (χ3n) is 3.77. The fraction of sp³-hybridized carbons (Fsp3) is 0.500. The number of halogens is 2. The molecule has 0 aliphatic heterocycles. The molecule has 0 atom stereocenters. The van der Waals surface area contributed by atoms with Gasteiger partial charge < -0.3 is 10.6 Å². The maximum absolute atomic E-state index is 14.5. The number of anilines is 1. The zero-order valence-corrected chi connectivity index (χ0v) is 12.6. The highest BCUT2D eigenvalue weighted by Gasteiger charge is 2.25. The van der Waals surface area contributed by atoms with Crippen LogP contribution in [0.15, 0.2) is 16.6 Å². The van der Waals surface area contributed by atoms with Gasteiger partial charge in [-0.05, 0) is 47.8 Å². The topological polar surface area (TPSA) is 53.1 Å². The smallest absolute Gasteiger partial charge is 0.161 e. The Kier molecular flexibility index (Phi) is 4.45. The minimum absolute atomic E-state index is 0.124. The molecule has 0 spiro atoms. The third kappa shape index (κ3) is 2.76. The number of nitrogens with zero attached hydrogens (tertiary/aromatic N) is 1. The summed E-state index contributed by atoms with van der Waals surface area (Å²) in [4.78, 5) is 2.12. The molecule has 19 heavy (non-hydrogen) atoms. The third-order valence-corrected chi connectivity index (χ3v) is 4.54. The van der Waals surface area contributed by atoms with Crippen LogP contribution in [0.25, 0.3) is 0 Å². The summed E-state index contributed by atoms with van der Waals surface area (Å²) in [6.45, 7) is 2.83. The van der Waals surface area contributed by atoms with Gasteiger partial charge in [-0.1, -0.05) is 12.8 Å². The standard InChI is InChI=1S/C14H19BrFN3/c1-2-19(9-5-3-4-6-9)11-8-7-10(14(17)18)12(15)13(11)16/h7-9H,2-6H2,1H3,(H3,17,18). The summed E-state index contributed by atoms with van der Waals surface area (Å²) in [5.41, 5.74) is 6.45. The number of nitrogens with two attached hydrogens (primary N) is 1. The second-order valence-corrected chi connectivity index (χ2v) is 5.69. The molecular formula is C14H19BrFN3. The second-order valence-electron chi connectivity index (χ2n) is 4.90. The number of hydrogen-bond donors (Lipinski definition) is 2. The molecule has 0 bridgehead atoms. The Balaban J connectivity index is 2.38. The van der Waals surface area contributed by atoms with Crippen LogP contribution in [-0.4, -0.2) is 18.4 Å². The van der Waals surface area contributed by atoms with Crippen LogP contribution in [0.1, 0.15) is 38.2 Å². The van der Waals surface area contributed by atoms with Crippen molar-refractivity contribution < 1.29 is 4.39 Å². The van der Waals surface area contributed by atoms with Gasteiger partial charge in [-0.15, -0.1) is 0 Å². The Hall–Kier alpha value is -1.10. The van der Waals surface area contributed by atoms with Crippen LogP contribution in [0.3, 0.4) is 0 Å². The molecule has 2 rings (SSSR count). The summed E-state index contributed by atoms with van der Waals surface area (Å²) in [6.07, 6.45) is 4.68. The first-order valence-corrected chi connectivity index (χ1v) is 7.44. The molecule has 5 heteroatoms. The van der Waals surface area contributed by atoms with Crippen molar-refractivity contribution in [3.8, 4) is 0 Å². The van der Waals surface area contributed by atoms with E-state index in [4.69, 9.17) is 11.1 Å². The number of nitrogens with one attached hydrogen (secondary N) is 1. The van der Waals surface area contributed by atoms with Gasteiger partial charge in [0.05, 0.1) is 10.2 Å². The highest BCUT2D eigenvalue weighted by Crippen LogP contribution is 2.33. The summed E-state index contributed by atoms with van der Waals surface area (Å²) in [6, 6.07) is 3.87. The number of rotatable bonds is 4. The molecule has 1 saturated carbocycles. The Labute approximate surface area is 121 Å². The van der Waals surface area contributed by atoms with E-state index in [9.17, 15) is 4.39 Å². The zero-order chi connectivity index (χ0) is 14.0. The first-order chi connectivity index (χ1) is 9.06. The largest absolute Gasteiger partial charge is 0.384 e. The second kappa shape index (κ2) is 5.90. The minimum Gasteiger partial charge on any atom is -0.384 e. The average molecular weight is 328 g/mol. The minimum atomic E-state index is -0.318. The molecule has 0 aromatic heterocycles. The van der Waals surface area contributed by atoms with E-state index in [1.54, 1.807) is 12.1 Å². The monoisotopic (exact) mass is 327 g/mol. The molecule has 1 fully saturated rings. The Morgan fingerprint density at radius 1 is 1.47 bits per heavy atom. The van der Waals surface area contributed by atoms with E-state index in [1.165, 1.54) is 12.8 Å². The van der Waals surface area contributed by atoms with E-state index in [1.807, 2.05) is 6.92 Å². The lowest BCUT2D eigenvalue weighted by atomic mass is 10.1. The lowest BCUT2D eigenvalue weighted by Crippen LogP contribution is -2.33. The summed E-state index contributed by atoms with van der Waals surface area (Å²) < 4.78 is 14.8. The SMILES string of the molecule is CCN(c1ccc(C(=N)N)c(Br)c1F)C1CCCC1. The van der Waals surface area contributed by atoms with Gasteiger partial charge in [0.25, 0.3) is 0 Å². The molecule has 104 valence electrons. The first kappa shape index (κ1) is 14.3. The molecule has 3 nitrogen and oxygen atoms in total. The van der Waals surface area contributed by atoms with Gasteiger partial charge in [0.2, 0.25) is 0 Å². The maximum atomic E-state index is 14.5. The van der Waals surface area contributed by atoms with Crippen LogP contribution in [0.2, 0.25) is 0 Å². The quantitative estimate of drug-likeness (QED) is 0.655. The van der Waals surface area contributed by atoms with Gasteiger partial charge in [0, 0.05) is 18.2 Å². The molecule has 0 radical (unpaired) electrons. The van der Waals surface area contributed by atoms with Crippen molar-refractivity contribution in [2.75, 3.05) is 11.4 Å². The number of amidine groups is 1. The molecule has 0 saturated heterocycles. The van der Waals surface area contributed by atoms with Crippen LogP contribution < -0.4 is 10.6 Å². The van der Waals surface area contributed by atoms with Crippen molar-refractivity contribution in [1.82, 2.24) is 0 Å². The lowest BCUT2D eigenvalue weighted by molar-refractivity contribution is 0.574. The van der Waals surface area contributed by atoms with Crippen molar-refractivity contribution in [3.05, 3.63) is 28.0 Å². The van der Waals surface area contributed by atoms with Gasteiger partial charge >= 0.3 is 0 Å². The molecule has 1 aliphatic carbocycles. The van der Waals surface area contributed by atoms with Crippen molar-refractivity contribution >= 4 is 27.5 Å². The van der Waals surface area contributed by atoms with Gasteiger partial charge in [0.1, 0.15) is 5.84 Å². The summed E-state index contributed by atoms with van der Waals surface area (Å²) in [7, 11) is 0. The Bertz CT molecular complexity index is 484. The predicted octanol–water partition coefficient (Wildman–Crippen LogP) is 3.64. The highest BCUT2D eigenvalue weighted by atomic mass is 79.9. The molecule has 0 unspecified atom stereocenters. The molecular weight excluding hydrogens is 309 g/mol. The summed E-state index contributed by atoms with van der Waals surface area (Å²) in [5.74, 6) is -0.442. The van der Waals surface area contributed by atoms with E-state index in [0.717, 1.165) is 19.4 Å². The van der Waals surface area contributed by atoms with Gasteiger partial charge in [-0.2, -0.15) is 0 Å². The average Bonchev–Trinajstić information content (AvgIpc) is 2.89. The van der Waals surface area contributed by atoms with Crippen molar-refractivity contribution in [2.45, 2.75) is 38.6 Å². The molecule has 1 aromatic carbocycles. The van der Waals surface area contributed by atoms with E-state index in [2.05, 4.69) is 20.8 Å². The van der Waals surface area contributed by atoms with Crippen LogP contribution in [-0.2, 0) is 0 Å². The zero-order valence-electron chi connectivity index (χ0n) is 11.0. The van der Waals surface area contributed by atoms with Crippen LogP contribution >= 0.6 is 15.9 Å². The lowest BCUT2D eigenvalue weighted by Gasteiger charge is -2.30. The van der Waals surface area contributed by atoms with Crippen molar-refractivity contribution in [1.29, 1.82) is 5.41 Å². The van der Waals surface area contributed by atoms with E-state index in [-0.39, 0.29) is 16.1 Å². The Morgan fingerprint density at radius 2 is 2.11 bits per heavy atom. The van der Waals surface area contributed by atoms with E-state index >= 15 is 0 Å². The highest BCUT2D eigenvalue weighted by molar-refractivity contribution is 9.10. The molecule has 0 amide bonds. The molecule has 1 aliphatic rings. The van der Waals surface area contributed by atoms with E-state index < -0.39 is 0 Å². The Morgan fingerprint density at radius 3 is 2.63 bits per heavy atom. The van der Waals surface area contributed by atoms with Crippen molar-refractivity contribution in [3.63, 3.8) is 0 Å². The maximum Gasteiger partial charge on any atom is 0.161 e. The predicted molar refractivity (Wildman–Crippen MR) is 80.4 cm³/mol. The molecule has 3 N–H and O–H groups in total. The fourth-order valence-corrected chi connectivity index (χ4v) is 3.36. The number of nitrogen functional groups attached to an aromatic ring is 1. The van der Waals surface area contributed by atoms with Gasteiger partial charge in [0.15, 0.2) is 5.82 Å². The van der Waals surface area contributed by atoms with Gasteiger partial charge in [-0.25, -0.2) is 4.39 Å². The number of benzene rings is 1. The van der Waals surface area contributed by atoms with Crippen molar-refractivity contribution in [2.24, 2.45) is 5.73 Å².